The summed E-state index contributed by atoms with van der Waals surface area (Å²) < 4.78 is 5.32. The van der Waals surface area contributed by atoms with Crippen molar-refractivity contribution in [1.29, 1.82) is 0 Å². The Balaban J connectivity index is 1.30. The number of alkyl carbamates (subject to hydrolysis) is 1. The zero-order valence-corrected chi connectivity index (χ0v) is 24.6. The molecule has 5 N–H and O–H groups in total. The van der Waals surface area contributed by atoms with Gasteiger partial charge in [0.2, 0.25) is 11.8 Å². The van der Waals surface area contributed by atoms with Crippen LogP contribution in [0.4, 0.5) is 22.2 Å². The van der Waals surface area contributed by atoms with Gasteiger partial charge in [0.15, 0.2) is 0 Å². The summed E-state index contributed by atoms with van der Waals surface area (Å²) in [4.78, 5) is 31.7. The number of nitrogens with two attached hydrogens (primary N) is 1. The van der Waals surface area contributed by atoms with Gasteiger partial charge in [0.1, 0.15) is 11.8 Å². The minimum atomic E-state index is -0.519. The van der Waals surface area contributed by atoms with E-state index in [1.165, 1.54) is 6.20 Å². The topological polar surface area (TPSA) is 157 Å². The monoisotopic (exact) mass is 575 g/mol. The van der Waals surface area contributed by atoms with Gasteiger partial charge >= 0.3 is 11.8 Å². The molecule has 1 amide bonds. The van der Waals surface area contributed by atoms with E-state index in [1.807, 2.05) is 45.0 Å². The van der Waals surface area contributed by atoms with Crippen LogP contribution in [0.15, 0.2) is 54.7 Å². The summed E-state index contributed by atoms with van der Waals surface area (Å²) in [5, 5.41) is 20.9. The Morgan fingerprint density at radius 3 is 2.24 bits per heavy atom. The molecule has 0 radical (unpaired) electrons. The molecular weight excluding hydrogens is 534 g/mol. The highest BCUT2D eigenvalue weighted by molar-refractivity contribution is 5.67. The van der Waals surface area contributed by atoms with E-state index in [4.69, 9.17) is 10.5 Å². The van der Waals surface area contributed by atoms with Gasteiger partial charge < -0.3 is 26.4 Å². The number of hydrogen-bond acceptors (Lipinski definition) is 9. The number of carbonyl (C=O) groups excluding carboxylic acids is 1. The summed E-state index contributed by atoms with van der Waals surface area (Å²) in [6.45, 7) is 7.64. The molecule has 0 unspecified atom stereocenters. The maximum Gasteiger partial charge on any atom is 0.407 e. The molecule has 0 spiro atoms. The Morgan fingerprint density at radius 1 is 1.00 bits per heavy atom. The lowest BCUT2D eigenvalue weighted by atomic mass is 9.82. The molecule has 2 aromatic carbocycles. The first-order valence-corrected chi connectivity index (χ1v) is 14.4. The fourth-order valence-corrected chi connectivity index (χ4v) is 5.07. The predicted molar refractivity (Wildman–Crippen MR) is 164 cm³/mol. The minimum Gasteiger partial charge on any atom is -0.444 e. The normalized spacial score (nSPS) is 16.9. The van der Waals surface area contributed by atoms with Gasteiger partial charge in [-0.1, -0.05) is 36.4 Å². The zero-order chi connectivity index (χ0) is 30.1. The van der Waals surface area contributed by atoms with Crippen molar-refractivity contribution in [2.75, 3.05) is 23.7 Å². The Labute approximate surface area is 246 Å². The van der Waals surface area contributed by atoms with Gasteiger partial charge in [0.05, 0.1) is 4.92 Å². The van der Waals surface area contributed by atoms with E-state index in [2.05, 4.69) is 50.2 Å². The molecule has 1 fully saturated rings. The van der Waals surface area contributed by atoms with E-state index in [0.29, 0.717) is 44.0 Å². The number of nitro groups is 1. The standard InChI is InChI=1S/C31H41N7O4/c1-31(2,3)42-30(39)36-18-22-12-10-21(11-13-22)17-33-28-27(38(40)41)20-35-29(37-28)34-19-24-7-5-9-26(15-24)25-8-4-6-23(14-25)16-32/h4-9,14-15,20-22H,10-13,16-19,32H2,1-3H3,(H,36,39)(H2,33,34,35,37). The Bertz CT molecular complexity index is 1370. The van der Waals surface area contributed by atoms with E-state index in [-0.39, 0.29) is 11.5 Å². The van der Waals surface area contributed by atoms with Crippen molar-refractivity contribution >= 4 is 23.5 Å². The van der Waals surface area contributed by atoms with Crippen LogP contribution in [-0.4, -0.2) is 39.7 Å². The van der Waals surface area contributed by atoms with E-state index in [0.717, 1.165) is 47.9 Å². The number of nitrogens with zero attached hydrogens (tertiary/aromatic N) is 3. The Kier molecular flexibility index (Phi) is 10.3. The highest BCUT2D eigenvalue weighted by atomic mass is 16.6. The molecule has 3 aromatic rings. The lowest BCUT2D eigenvalue weighted by Crippen LogP contribution is -2.36. The predicted octanol–water partition coefficient (Wildman–Crippen LogP) is 5.87. The first kappa shape index (κ1) is 30.7. The first-order chi connectivity index (χ1) is 20.1. The third kappa shape index (κ3) is 9.13. The smallest absolute Gasteiger partial charge is 0.407 e. The maximum absolute atomic E-state index is 11.9. The molecule has 0 saturated heterocycles. The summed E-state index contributed by atoms with van der Waals surface area (Å²) in [6.07, 6.45) is 4.71. The molecule has 4 rings (SSSR count). The summed E-state index contributed by atoms with van der Waals surface area (Å²) in [6, 6.07) is 16.3. The largest absolute Gasteiger partial charge is 0.444 e. The lowest BCUT2D eigenvalue weighted by molar-refractivity contribution is -0.384. The molecule has 1 aliphatic rings. The number of nitrogens with one attached hydrogen (secondary N) is 3. The fraction of sp³-hybridized carbons (Fsp3) is 0.452. The lowest BCUT2D eigenvalue weighted by Gasteiger charge is -2.29. The van der Waals surface area contributed by atoms with Gasteiger partial charge in [-0.2, -0.15) is 4.98 Å². The van der Waals surface area contributed by atoms with Crippen molar-refractivity contribution in [3.63, 3.8) is 0 Å². The minimum absolute atomic E-state index is 0.155. The van der Waals surface area contributed by atoms with Crippen LogP contribution in [-0.2, 0) is 17.8 Å². The summed E-state index contributed by atoms with van der Waals surface area (Å²) in [7, 11) is 0. The molecule has 42 heavy (non-hydrogen) atoms. The van der Waals surface area contributed by atoms with E-state index in [1.54, 1.807) is 0 Å². The fourth-order valence-electron chi connectivity index (χ4n) is 5.07. The zero-order valence-electron chi connectivity index (χ0n) is 24.6. The Morgan fingerprint density at radius 2 is 1.62 bits per heavy atom. The van der Waals surface area contributed by atoms with Crippen LogP contribution < -0.4 is 21.7 Å². The van der Waals surface area contributed by atoms with Crippen molar-refractivity contribution in [2.45, 2.75) is 65.1 Å². The first-order valence-electron chi connectivity index (χ1n) is 14.4. The number of benzene rings is 2. The summed E-state index contributed by atoms with van der Waals surface area (Å²) in [5.74, 6) is 1.27. The van der Waals surface area contributed by atoms with Gasteiger partial charge in [-0.3, -0.25) is 10.1 Å². The quantitative estimate of drug-likeness (QED) is 0.162. The van der Waals surface area contributed by atoms with Crippen molar-refractivity contribution in [1.82, 2.24) is 15.3 Å². The molecule has 1 aliphatic carbocycles. The van der Waals surface area contributed by atoms with Crippen LogP contribution in [0.3, 0.4) is 0 Å². The summed E-state index contributed by atoms with van der Waals surface area (Å²) >= 11 is 0. The van der Waals surface area contributed by atoms with Gasteiger partial charge in [-0.05, 0) is 92.7 Å². The van der Waals surface area contributed by atoms with Crippen LogP contribution in [0, 0.1) is 22.0 Å². The molecule has 0 bridgehead atoms. The van der Waals surface area contributed by atoms with E-state index < -0.39 is 16.6 Å². The highest BCUT2D eigenvalue weighted by Crippen LogP contribution is 2.30. The Hall–Kier alpha value is -4.25. The van der Waals surface area contributed by atoms with Crippen LogP contribution >= 0.6 is 0 Å². The number of ether oxygens (including phenoxy) is 1. The van der Waals surface area contributed by atoms with Crippen LogP contribution in [0.1, 0.15) is 57.6 Å². The number of aromatic nitrogens is 2. The second-order valence-electron chi connectivity index (χ2n) is 11.8. The van der Waals surface area contributed by atoms with Crippen molar-refractivity contribution < 1.29 is 14.5 Å². The second kappa shape index (κ2) is 14.1. The van der Waals surface area contributed by atoms with Crippen molar-refractivity contribution in [3.8, 4) is 11.1 Å². The van der Waals surface area contributed by atoms with Crippen LogP contribution in [0.5, 0.6) is 0 Å². The molecule has 0 aliphatic heterocycles. The third-order valence-electron chi connectivity index (χ3n) is 7.30. The molecular formula is C31H41N7O4. The number of anilines is 2. The SMILES string of the molecule is CC(C)(C)OC(=O)NCC1CCC(CNc2nc(NCc3cccc(-c4cccc(CN)c4)c3)ncc2[N+](=O)[O-])CC1. The second-order valence-corrected chi connectivity index (χ2v) is 11.8. The number of rotatable bonds is 11. The van der Waals surface area contributed by atoms with Gasteiger partial charge in [-0.15, -0.1) is 0 Å². The third-order valence-corrected chi connectivity index (χ3v) is 7.30. The molecule has 1 saturated carbocycles. The molecule has 224 valence electrons. The number of amides is 1. The molecule has 0 atom stereocenters. The van der Waals surface area contributed by atoms with Gasteiger partial charge in [0.25, 0.3) is 0 Å². The summed E-state index contributed by atoms with van der Waals surface area (Å²) in [5.41, 5.74) is 9.38. The average molecular weight is 576 g/mol. The van der Waals surface area contributed by atoms with Crippen molar-refractivity contribution in [3.05, 3.63) is 76.0 Å². The van der Waals surface area contributed by atoms with E-state index in [9.17, 15) is 14.9 Å². The van der Waals surface area contributed by atoms with Crippen LogP contribution in [0.25, 0.3) is 11.1 Å². The van der Waals surface area contributed by atoms with E-state index >= 15 is 0 Å². The molecule has 1 heterocycles. The van der Waals surface area contributed by atoms with Gasteiger partial charge in [0, 0.05) is 26.2 Å². The molecule has 1 aromatic heterocycles. The average Bonchev–Trinajstić information content (AvgIpc) is 2.97. The number of carbonyl (C=O) groups is 1. The van der Waals surface area contributed by atoms with Gasteiger partial charge in [-0.25, -0.2) is 9.78 Å². The van der Waals surface area contributed by atoms with Crippen LogP contribution in [0.2, 0.25) is 0 Å². The number of hydrogen-bond donors (Lipinski definition) is 4. The molecule has 11 nitrogen and oxygen atoms in total. The van der Waals surface area contributed by atoms with Crippen molar-refractivity contribution in [2.24, 2.45) is 17.6 Å². The maximum atomic E-state index is 11.9. The highest BCUT2D eigenvalue weighted by Gasteiger charge is 2.24. The molecule has 11 heteroatoms.